The predicted octanol–water partition coefficient (Wildman–Crippen LogP) is 5.01. The SMILES string of the molecule is COc1ccc(C(=O)NC(C)c2nc3ccccc3n2CCCOc2ccccc2)cc1OC. The number of hydrogen-bond donors (Lipinski definition) is 1. The Kier molecular flexibility index (Phi) is 7.32. The highest BCUT2D eigenvalue weighted by molar-refractivity contribution is 5.95. The zero-order chi connectivity index (χ0) is 23.9. The predicted molar refractivity (Wildman–Crippen MR) is 132 cm³/mol. The van der Waals surface area contributed by atoms with Crippen LogP contribution in [0.4, 0.5) is 0 Å². The summed E-state index contributed by atoms with van der Waals surface area (Å²) in [7, 11) is 3.11. The van der Waals surface area contributed by atoms with E-state index in [1.165, 1.54) is 0 Å². The molecule has 0 radical (unpaired) electrons. The largest absolute Gasteiger partial charge is 0.494 e. The Bertz CT molecular complexity index is 1250. The van der Waals surface area contributed by atoms with Gasteiger partial charge in [0, 0.05) is 12.1 Å². The molecule has 0 fully saturated rings. The Balaban J connectivity index is 1.49. The quantitative estimate of drug-likeness (QED) is 0.337. The Morgan fingerprint density at radius 2 is 1.71 bits per heavy atom. The zero-order valence-electron chi connectivity index (χ0n) is 19.7. The summed E-state index contributed by atoms with van der Waals surface area (Å²) in [5, 5.41) is 3.07. The Morgan fingerprint density at radius 3 is 2.47 bits per heavy atom. The Morgan fingerprint density at radius 1 is 0.971 bits per heavy atom. The lowest BCUT2D eigenvalue weighted by atomic mass is 10.1. The monoisotopic (exact) mass is 459 g/mol. The number of nitrogens with zero attached hydrogens (tertiary/aromatic N) is 2. The smallest absolute Gasteiger partial charge is 0.251 e. The molecule has 4 rings (SSSR count). The van der Waals surface area contributed by atoms with E-state index in [-0.39, 0.29) is 11.9 Å². The van der Waals surface area contributed by atoms with E-state index < -0.39 is 0 Å². The van der Waals surface area contributed by atoms with Gasteiger partial charge in [-0.3, -0.25) is 4.79 Å². The molecule has 0 bridgehead atoms. The molecule has 0 aliphatic carbocycles. The lowest BCUT2D eigenvalue weighted by Crippen LogP contribution is -2.29. The molecular weight excluding hydrogens is 430 g/mol. The van der Waals surface area contributed by atoms with Crippen LogP contribution >= 0.6 is 0 Å². The number of aromatic nitrogens is 2. The second kappa shape index (κ2) is 10.7. The van der Waals surface area contributed by atoms with Crippen molar-refractivity contribution in [2.75, 3.05) is 20.8 Å². The normalized spacial score (nSPS) is 11.7. The van der Waals surface area contributed by atoms with E-state index in [1.807, 2.05) is 61.5 Å². The molecule has 34 heavy (non-hydrogen) atoms. The number of ether oxygens (including phenoxy) is 3. The van der Waals surface area contributed by atoms with Gasteiger partial charge in [0.1, 0.15) is 11.6 Å². The minimum absolute atomic E-state index is 0.209. The molecule has 1 amide bonds. The van der Waals surface area contributed by atoms with Crippen LogP contribution in [0.25, 0.3) is 11.0 Å². The highest BCUT2D eigenvalue weighted by Gasteiger charge is 2.20. The maximum absolute atomic E-state index is 13.0. The molecule has 7 nitrogen and oxygen atoms in total. The second-order valence-corrected chi connectivity index (χ2v) is 7.89. The van der Waals surface area contributed by atoms with E-state index in [9.17, 15) is 4.79 Å². The highest BCUT2D eigenvalue weighted by atomic mass is 16.5. The molecule has 1 aromatic heterocycles. The summed E-state index contributed by atoms with van der Waals surface area (Å²) < 4.78 is 18.6. The van der Waals surface area contributed by atoms with Crippen molar-refractivity contribution in [3.63, 3.8) is 0 Å². The molecule has 1 unspecified atom stereocenters. The fraction of sp³-hybridized carbons (Fsp3) is 0.259. The Hall–Kier alpha value is -4.00. The maximum Gasteiger partial charge on any atom is 0.251 e. The number of rotatable bonds is 10. The van der Waals surface area contributed by atoms with Crippen molar-refractivity contribution in [1.82, 2.24) is 14.9 Å². The fourth-order valence-electron chi connectivity index (χ4n) is 3.91. The van der Waals surface area contributed by atoms with Crippen molar-refractivity contribution in [3.8, 4) is 17.2 Å². The molecular formula is C27H29N3O4. The molecule has 0 saturated carbocycles. The Labute approximate surface area is 199 Å². The van der Waals surface area contributed by atoms with Gasteiger partial charge in [0.05, 0.1) is 37.9 Å². The minimum atomic E-state index is -0.303. The number of methoxy groups -OCH3 is 2. The van der Waals surface area contributed by atoms with E-state index in [2.05, 4.69) is 9.88 Å². The summed E-state index contributed by atoms with van der Waals surface area (Å²) in [5.74, 6) is 2.53. The number of hydrogen-bond acceptors (Lipinski definition) is 5. The average Bonchev–Trinajstić information content (AvgIpc) is 3.25. The van der Waals surface area contributed by atoms with Crippen molar-refractivity contribution < 1.29 is 19.0 Å². The summed E-state index contributed by atoms with van der Waals surface area (Å²) in [5.41, 5.74) is 2.42. The van der Waals surface area contributed by atoms with Gasteiger partial charge in [0.2, 0.25) is 0 Å². The van der Waals surface area contributed by atoms with Gasteiger partial charge < -0.3 is 24.1 Å². The molecule has 0 aliphatic rings. The molecule has 7 heteroatoms. The van der Waals surface area contributed by atoms with Crippen LogP contribution in [0.2, 0.25) is 0 Å². The van der Waals surface area contributed by atoms with Gasteiger partial charge in [-0.25, -0.2) is 4.98 Å². The number of benzene rings is 3. The number of para-hydroxylation sites is 3. The third-order valence-corrected chi connectivity index (χ3v) is 5.60. The summed E-state index contributed by atoms with van der Waals surface area (Å²) in [6.07, 6.45) is 0.804. The van der Waals surface area contributed by atoms with Crippen LogP contribution in [-0.2, 0) is 6.54 Å². The number of carbonyl (C=O) groups excluding carboxylic acids is 1. The highest BCUT2D eigenvalue weighted by Crippen LogP contribution is 2.28. The summed E-state index contributed by atoms with van der Waals surface area (Å²) in [6, 6.07) is 22.6. The third kappa shape index (κ3) is 5.14. The number of carbonyl (C=O) groups is 1. The molecule has 176 valence electrons. The third-order valence-electron chi connectivity index (χ3n) is 5.60. The van der Waals surface area contributed by atoms with Crippen LogP contribution in [0.1, 0.15) is 35.6 Å². The summed E-state index contributed by atoms with van der Waals surface area (Å²) in [4.78, 5) is 17.8. The van der Waals surface area contributed by atoms with Gasteiger partial charge in [-0.15, -0.1) is 0 Å². The number of nitrogens with one attached hydrogen (secondary N) is 1. The van der Waals surface area contributed by atoms with Crippen LogP contribution in [0.5, 0.6) is 17.2 Å². The first kappa shape index (κ1) is 23.2. The molecule has 1 atom stereocenters. The maximum atomic E-state index is 13.0. The summed E-state index contributed by atoms with van der Waals surface area (Å²) >= 11 is 0. The number of fused-ring (bicyclic) bond motifs is 1. The van der Waals surface area contributed by atoms with E-state index in [1.54, 1.807) is 32.4 Å². The molecule has 3 aromatic carbocycles. The van der Waals surface area contributed by atoms with E-state index >= 15 is 0 Å². The molecule has 1 N–H and O–H groups in total. The molecule has 4 aromatic rings. The van der Waals surface area contributed by atoms with Crippen molar-refractivity contribution in [1.29, 1.82) is 0 Å². The van der Waals surface area contributed by atoms with Crippen LogP contribution < -0.4 is 19.5 Å². The van der Waals surface area contributed by atoms with Crippen LogP contribution in [-0.4, -0.2) is 36.3 Å². The van der Waals surface area contributed by atoms with E-state index in [0.717, 1.165) is 35.6 Å². The van der Waals surface area contributed by atoms with Crippen LogP contribution in [0.3, 0.4) is 0 Å². The number of amides is 1. The second-order valence-electron chi connectivity index (χ2n) is 7.89. The van der Waals surface area contributed by atoms with Crippen LogP contribution in [0.15, 0.2) is 72.8 Å². The van der Waals surface area contributed by atoms with Crippen LogP contribution in [0, 0.1) is 0 Å². The lowest BCUT2D eigenvalue weighted by molar-refractivity contribution is 0.0937. The molecule has 0 aliphatic heterocycles. The summed E-state index contributed by atoms with van der Waals surface area (Å²) in [6.45, 7) is 3.25. The standard InChI is InChI=1S/C27H29N3O4/c1-19(28-27(31)20-14-15-24(32-2)25(18-20)33-3)26-29-22-12-7-8-13-23(22)30(26)16-9-17-34-21-10-5-4-6-11-21/h4-8,10-15,18-19H,9,16-17H2,1-3H3,(H,28,31). The first-order valence-electron chi connectivity index (χ1n) is 11.3. The van der Waals surface area contributed by atoms with Crippen molar-refractivity contribution in [2.24, 2.45) is 0 Å². The van der Waals surface area contributed by atoms with E-state index in [0.29, 0.717) is 23.7 Å². The molecule has 0 spiro atoms. The van der Waals surface area contributed by atoms with Gasteiger partial charge in [-0.2, -0.15) is 0 Å². The lowest BCUT2D eigenvalue weighted by Gasteiger charge is -2.17. The van der Waals surface area contributed by atoms with Gasteiger partial charge in [0.15, 0.2) is 11.5 Å². The van der Waals surface area contributed by atoms with Gasteiger partial charge in [0.25, 0.3) is 5.91 Å². The topological polar surface area (TPSA) is 74.6 Å². The zero-order valence-corrected chi connectivity index (χ0v) is 19.7. The van der Waals surface area contributed by atoms with Gasteiger partial charge in [-0.1, -0.05) is 30.3 Å². The van der Waals surface area contributed by atoms with Crippen molar-refractivity contribution in [3.05, 3.63) is 84.2 Å². The average molecular weight is 460 g/mol. The minimum Gasteiger partial charge on any atom is -0.494 e. The number of aryl methyl sites for hydroxylation is 1. The number of imidazole rings is 1. The van der Waals surface area contributed by atoms with Gasteiger partial charge in [-0.05, 0) is 55.8 Å². The van der Waals surface area contributed by atoms with Crippen molar-refractivity contribution in [2.45, 2.75) is 25.9 Å². The van der Waals surface area contributed by atoms with E-state index in [4.69, 9.17) is 19.2 Å². The first-order valence-corrected chi connectivity index (χ1v) is 11.3. The van der Waals surface area contributed by atoms with Crippen molar-refractivity contribution >= 4 is 16.9 Å². The molecule has 1 heterocycles. The first-order chi connectivity index (χ1) is 16.6. The molecule has 0 saturated heterocycles. The fourth-order valence-corrected chi connectivity index (χ4v) is 3.91. The van der Waals surface area contributed by atoms with Gasteiger partial charge >= 0.3 is 0 Å².